The average Bonchev–Trinajstić information content (AvgIpc) is 3.06. The maximum absolute atomic E-state index is 10.9. The first-order chi connectivity index (χ1) is 12.5. The van der Waals surface area contributed by atoms with Crippen molar-refractivity contribution < 1.29 is 14.3 Å². The second-order valence-electron chi connectivity index (χ2n) is 5.59. The molecule has 0 radical (unpaired) electrons. The van der Waals surface area contributed by atoms with Gasteiger partial charge < -0.3 is 19.4 Å². The van der Waals surface area contributed by atoms with Gasteiger partial charge in [0, 0.05) is 31.1 Å². The molecule has 0 aliphatic rings. The maximum atomic E-state index is 10.9. The van der Waals surface area contributed by atoms with Gasteiger partial charge in [0.15, 0.2) is 0 Å². The minimum absolute atomic E-state index is 0.106. The molecule has 2 aromatic heterocycles. The molecule has 0 amide bonds. The van der Waals surface area contributed by atoms with E-state index in [2.05, 4.69) is 20.3 Å². The Hall–Kier alpha value is -3.42. The fraction of sp³-hybridized carbons (Fsp3) is 0.222. The summed E-state index contributed by atoms with van der Waals surface area (Å²) >= 11 is 0. The highest BCUT2D eigenvalue weighted by atomic mass is 16.5. The SMILES string of the molecule is COc1cc(Nc2nccc(COC(C)=O)n2)ccc1-n1cnc(C)c1. The number of hydrogen-bond acceptors (Lipinski definition) is 7. The number of methoxy groups -OCH3 is 1. The third-order valence-electron chi connectivity index (χ3n) is 3.56. The van der Waals surface area contributed by atoms with Crippen molar-refractivity contribution in [2.45, 2.75) is 20.5 Å². The fourth-order valence-electron chi connectivity index (χ4n) is 2.36. The summed E-state index contributed by atoms with van der Waals surface area (Å²) in [5, 5.41) is 3.12. The number of carbonyl (C=O) groups excluding carboxylic acids is 1. The predicted octanol–water partition coefficient (Wildman–Crippen LogP) is 2.79. The number of anilines is 2. The van der Waals surface area contributed by atoms with Crippen LogP contribution in [0.2, 0.25) is 0 Å². The average molecular weight is 353 g/mol. The van der Waals surface area contributed by atoms with E-state index in [1.54, 1.807) is 25.7 Å². The first kappa shape index (κ1) is 17.4. The first-order valence-corrected chi connectivity index (χ1v) is 7.96. The van der Waals surface area contributed by atoms with Crippen LogP contribution in [0.1, 0.15) is 18.3 Å². The molecule has 0 bridgehead atoms. The van der Waals surface area contributed by atoms with E-state index in [9.17, 15) is 4.79 Å². The minimum atomic E-state index is -0.354. The number of hydrogen-bond donors (Lipinski definition) is 1. The highest BCUT2D eigenvalue weighted by Crippen LogP contribution is 2.27. The molecule has 0 aliphatic heterocycles. The standard InChI is InChI=1S/C18H19N5O3/c1-12-9-23(11-20-12)16-5-4-14(8-17(16)25-3)21-18-19-7-6-15(22-18)10-26-13(2)24/h4-9,11H,10H2,1-3H3,(H,19,21,22). The highest BCUT2D eigenvalue weighted by Gasteiger charge is 2.09. The molecule has 0 atom stereocenters. The van der Waals surface area contributed by atoms with E-state index in [1.807, 2.05) is 35.9 Å². The summed E-state index contributed by atoms with van der Waals surface area (Å²) in [5.74, 6) is 0.736. The van der Waals surface area contributed by atoms with Crippen LogP contribution in [0.5, 0.6) is 5.75 Å². The van der Waals surface area contributed by atoms with Crippen LogP contribution in [0.25, 0.3) is 5.69 Å². The lowest BCUT2D eigenvalue weighted by Gasteiger charge is -2.12. The van der Waals surface area contributed by atoms with Crippen molar-refractivity contribution in [1.82, 2.24) is 19.5 Å². The zero-order valence-corrected chi connectivity index (χ0v) is 14.8. The molecule has 0 unspecified atom stereocenters. The van der Waals surface area contributed by atoms with E-state index in [1.165, 1.54) is 6.92 Å². The van der Waals surface area contributed by atoms with Gasteiger partial charge in [0.1, 0.15) is 12.4 Å². The molecule has 8 heteroatoms. The molecule has 1 N–H and O–H groups in total. The van der Waals surface area contributed by atoms with E-state index < -0.39 is 0 Å². The molecule has 0 spiro atoms. The van der Waals surface area contributed by atoms with E-state index in [0.29, 0.717) is 17.4 Å². The Morgan fingerprint density at radius 3 is 2.81 bits per heavy atom. The summed E-state index contributed by atoms with van der Waals surface area (Å²) in [6.07, 6.45) is 5.27. The van der Waals surface area contributed by atoms with Crippen LogP contribution >= 0.6 is 0 Å². The normalized spacial score (nSPS) is 10.4. The lowest BCUT2D eigenvalue weighted by Crippen LogP contribution is -2.04. The van der Waals surface area contributed by atoms with Gasteiger partial charge in [0.2, 0.25) is 5.95 Å². The van der Waals surface area contributed by atoms with Crippen LogP contribution in [-0.2, 0) is 16.1 Å². The molecular formula is C18H19N5O3. The number of carbonyl (C=O) groups is 1. The highest BCUT2D eigenvalue weighted by molar-refractivity contribution is 5.66. The van der Waals surface area contributed by atoms with Gasteiger partial charge in [-0.3, -0.25) is 4.79 Å². The number of nitrogens with one attached hydrogen (secondary N) is 1. The molecule has 8 nitrogen and oxygen atoms in total. The van der Waals surface area contributed by atoms with Crippen molar-refractivity contribution in [3.63, 3.8) is 0 Å². The molecule has 2 heterocycles. The molecule has 0 saturated heterocycles. The summed E-state index contributed by atoms with van der Waals surface area (Å²) < 4.78 is 12.3. The Kier molecular flexibility index (Phi) is 5.12. The molecule has 0 fully saturated rings. The number of ether oxygens (including phenoxy) is 2. The Balaban J connectivity index is 1.80. The molecule has 1 aromatic carbocycles. The number of esters is 1. The van der Waals surface area contributed by atoms with Crippen LogP contribution in [0.4, 0.5) is 11.6 Å². The monoisotopic (exact) mass is 353 g/mol. The van der Waals surface area contributed by atoms with Crippen molar-refractivity contribution in [1.29, 1.82) is 0 Å². The van der Waals surface area contributed by atoms with Crippen molar-refractivity contribution in [3.05, 3.63) is 54.4 Å². The van der Waals surface area contributed by atoms with Crippen molar-refractivity contribution >= 4 is 17.6 Å². The minimum Gasteiger partial charge on any atom is -0.494 e. The molecule has 134 valence electrons. The Labute approximate surface area is 150 Å². The van der Waals surface area contributed by atoms with Gasteiger partial charge in [-0.25, -0.2) is 15.0 Å². The Morgan fingerprint density at radius 1 is 1.27 bits per heavy atom. The molecular weight excluding hydrogens is 334 g/mol. The Bertz CT molecular complexity index is 923. The predicted molar refractivity (Wildman–Crippen MR) is 95.6 cm³/mol. The van der Waals surface area contributed by atoms with Crippen molar-refractivity contribution in [3.8, 4) is 11.4 Å². The van der Waals surface area contributed by atoms with Crippen LogP contribution < -0.4 is 10.1 Å². The summed E-state index contributed by atoms with van der Waals surface area (Å²) in [7, 11) is 1.61. The third-order valence-corrected chi connectivity index (χ3v) is 3.56. The lowest BCUT2D eigenvalue weighted by molar-refractivity contribution is -0.142. The second-order valence-corrected chi connectivity index (χ2v) is 5.59. The zero-order chi connectivity index (χ0) is 18.5. The van der Waals surface area contributed by atoms with Crippen LogP contribution in [0.3, 0.4) is 0 Å². The fourth-order valence-corrected chi connectivity index (χ4v) is 2.36. The first-order valence-electron chi connectivity index (χ1n) is 7.96. The van der Waals surface area contributed by atoms with Gasteiger partial charge >= 0.3 is 5.97 Å². The number of nitrogens with zero attached hydrogens (tertiary/aromatic N) is 4. The summed E-state index contributed by atoms with van der Waals surface area (Å²) in [4.78, 5) is 23.7. The molecule has 3 rings (SSSR count). The van der Waals surface area contributed by atoms with E-state index in [0.717, 1.165) is 17.1 Å². The largest absolute Gasteiger partial charge is 0.494 e. The summed E-state index contributed by atoms with van der Waals surface area (Å²) in [6, 6.07) is 7.37. The van der Waals surface area contributed by atoms with Crippen LogP contribution in [0, 0.1) is 6.92 Å². The van der Waals surface area contributed by atoms with E-state index >= 15 is 0 Å². The van der Waals surface area contributed by atoms with Crippen molar-refractivity contribution in [2.75, 3.05) is 12.4 Å². The Morgan fingerprint density at radius 2 is 2.12 bits per heavy atom. The van der Waals surface area contributed by atoms with Gasteiger partial charge in [0.25, 0.3) is 0 Å². The van der Waals surface area contributed by atoms with Gasteiger partial charge in [-0.2, -0.15) is 0 Å². The van der Waals surface area contributed by atoms with Gasteiger partial charge in [-0.05, 0) is 25.1 Å². The molecule has 26 heavy (non-hydrogen) atoms. The van der Waals surface area contributed by atoms with Crippen molar-refractivity contribution in [2.24, 2.45) is 0 Å². The van der Waals surface area contributed by atoms with Gasteiger partial charge in [0.05, 0.1) is 30.5 Å². The second kappa shape index (κ2) is 7.64. The number of aryl methyl sites for hydroxylation is 1. The van der Waals surface area contributed by atoms with Crippen LogP contribution in [-0.4, -0.2) is 32.6 Å². The summed E-state index contributed by atoms with van der Waals surface area (Å²) in [5.41, 5.74) is 3.18. The lowest BCUT2D eigenvalue weighted by atomic mass is 10.2. The number of benzene rings is 1. The summed E-state index contributed by atoms with van der Waals surface area (Å²) in [6.45, 7) is 3.39. The van der Waals surface area contributed by atoms with E-state index in [4.69, 9.17) is 9.47 Å². The molecule has 0 saturated carbocycles. The number of rotatable bonds is 6. The quantitative estimate of drug-likeness (QED) is 0.681. The smallest absolute Gasteiger partial charge is 0.303 e. The number of aromatic nitrogens is 4. The van der Waals surface area contributed by atoms with E-state index in [-0.39, 0.29) is 12.6 Å². The van der Waals surface area contributed by atoms with Gasteiger partial charge in [-0.1, -0.05) is 0 Å². The maximum Gasteiger partial charge on any atom is 0.303 e. The van der Waals surface area contributed by atoms with Gasteiger partial charge in [-0.15, -0.1) is 0 Å². The van der Waals surface area contributed by atoms with Crippen LogP contribution in [0.15, 0.2) is 43.0 Å². The zero-order valence-electron chi connectivity index (χ0n) is 14.8. The molecule has 0 aliphatic carbocycles. The molecule has 3 aromatic rings. The topological polar surface area (TPSA) is 91.2 Å². The number of imidazole rings is 1. The third kappa shape index (κ3) is 4.15.